The van der Waals surface area contributed by atoms with Crippen LogP contribution < -0.4 is 4.90 Å². The van der Waals surface area contributed by atoms with Gasteiger partial charge in [-0.05, 0) is 29.8 Å². The molecule has 4 rings (SSSR count). The minimum absolute atomic E-state index is 0.0493. The second kappa shape index (κ2) is 6.04. The van der Waals surface area contributed by atoms with Crippen molar-refractivity contribution in [2.24, 2.45) is 0 Å². The molecule has 0 saturated carbocycles. The van der Waals surface area contributed by atoms with E-state index in [0.717, 1.165) is 35.6 Å². The van der Waals surface area contributed by atoms with Crippen LogP contribution in [0.2, 0.25) is 10.0 Å². The number of nitrogens with zero attached hydrogens (tertiary/aromatic N) is 2. The van der Waals surface area contributed by atoms with E-state index >= 15 is 0 Å². The summed E-state index contributed by atoms with van der Waals surface area (Å²) in [6.07, 6.45) is -0.0493. The maximum atomic E-state index is 6.12. The number of para-hydroxylation sites is 2. The molecule has 0 bridgehead atoms. The number of imidazole rings is 1. The molecule has 1 saturated heterocycles. The molecule has 6 heteroatoms. The summed E-state index contributed by atoms with van der Waals surface area (Å²) in [7, 11) is 0. The topological polar surface area (TPSA) is 41.2 Å². The molecule has 118 valence electrons. The largest absolute Gasteiger partial charge is 0.370 e. The van der Waals surface area contributed by atoms with E-state index in [0.29, 0.717) is 16.7 Å². The number of benzene rings is 2. The molecule has 1 N–H and O–H groups in total. The predicted molar refractivity (Wildman–Crippen MR) is 93.5 cm³/mol. The van der Waals surface area contributed by atoms with Crippen molar-refractivity contribution in [3.05, 3.63) is 58.1 Å². The summed E-state index contributed by atoms with van der Waals surface area (Å²) < 4.78 is 5.90. The van der Waals surface area contributed by atoms with Gasteiger partial charge in [0.1, 0.15) is 6.10 Å². The maximum absolute atomic E-state index is 6.12. The van der Waals surface area contributed by atoms with E-state index in [1.807, 2.05) is 42.5 Å². The van der Waals surface area contributed by atoms with Crippen molar-refractivity contribution in [3.63, 3.8) is 0 Å². The molecule has 3 aromatic rings. The lowest BCUT2D eigenvalue weighted by Gasteiger charge is -2.33. The van der Waals surface area contributed by atoms with Gasteiger partial charge < -0.3 is 14.6 Å². The van der Waals surface area contributed by atoms with Crippen molar-refractivity contribution in [2.75, 3.05) is 24.6 Å². The van der Waals surface area contributed by atoms with Gasteiger partial charge in [-0.3, -0.25) is 0 Å². The molecule has 1 unspecified atom stereocenters. The van der Waals surface area contributed by atoms with Gasteiger partial charge in [0.15, 0.2) is 0 Å². The molecule has 2 aromatic carbocycles. The number of H-pyrrole nitrogens is 1. The Kier molecular flexibility index (Phi) is 3.89. The Morgan fingerprint density at radius 3 is 2.83 bits per heavy atom. The smallest absolute Gasteiger partial charge is 0.204 e. The molecule has 1 fully saturated rings. The van der Waals surface area contributed by atoms with Gasteiger partial charge in [0.05, 0.1) is 34.2 Å². The van der Waals surface area contributed by atoms with Crippen molar-refractivity contribution in [3.8, 4) is 0 Å². The minimum atomic E-state index is -0.0493. The normalized spacial score (nSPS) is 18.5. The molecule has 1 aromatic heterocycles. The number of ether oxygens (including phenoxy) is 1. The second-order valence-electron chi connectivity index (χ2n) is 5.56. The quantitative estimate of drug-likeness (QED) is 0.744. The van der Waals surface area contributed by atoms with Crippen LogP contribution in [0.15, 0.2) is 42.5 Å². The van der Waals surface area contributed by atoms with Gasteiger partial charge in [0.2, 0.25) is 5.95 Å². The van der Waals surface area contributed by atoms with Crippen LogP contribution in [0.4, 0.5) is 5.95 Å². The Hall–Kier alpha value is -1.75. The molecule has 23 heavy (non-hydrogen) atoms. The molecule has 2 heterocycles. The molecular formula is C17H15Cl2N3O. The van der Waals surface area contributed by atoms with Gasteiger partial charge in [-0.15, -0.1) is 0 Å². The molecule has 0 radical (unpaired) electrons. The number of rotatable bonds is 2. The SMILES string of the molecule is Clc1ccc(C2CN(c3nc4ccccc4[nH]3)CCO2)cc1Cl. The van der Waals surface area contributed by atoms with Gasteiger partial charge in [-0.1, -0.05) is 41.4 Å². The van der Waals surface area contributed by atoms with Crippen molar-refractivity contribution in [1.29, 1.82) is 0 Å². The summed E-state index contributed by atoms with van der Waals surface area (Å²) in [4.78, 5) is 10.2. The van der Waals surface area contributed by atoms with Crippen LogP contribution in [0, 0.1) is 0 Å². The fraction of sp³-hybridized carbons (Fsp3) is 0.235. The molecular weight excluding hydrogens is 333 g/mol. The van der Waals surface area contributed by atoms with E-state index in [1.54, 1.807) is 0 Å². The number of nitrogens with one attached hydrogen (secondary N) is 1. The summed E-state index contributed by atoms with van der Waals surface area (Å²) >= 11 is 12.1. The first-order valence-electron chi connectivity index (χ1n) is 7.47. The van der Waals surface area contributed by atoms with E-state index < -0.39 is 0 Å². The average Bonchev–Trinajstić information content (AvgIpc) is 3.02. The molecule has 0 amide bonds. The second-order valence-corrected chi connectivity index (χ2v) is 6.37. The fourth-order valence-corrected chi connectivity index (χ4v) is 3.15. The number of aromatic amines is 1. The lowest BCUT2D eigenvalue weighted by atomic mass is 10.1. The molecule has 4 nitrogen and oxygen atoms in total. The summed E-state index contributed by atoms with van der Waals surface area (Å²) in [5.41, 5.74) is 3.04. The Labute approximate surface area is 144 Å². The van der Waals surface area contributed by atoms with Gasteiger partial charge in [0, 0.05) is 6.54 Å². The van der Waals surface area contributed by atoms with E-state index in [9.17, 15) is 0 Å². The van der Waals surface area contributed by atoms with Crippen LogP contribution in [0.25, 0.3) is 11.0 Å². The lowest BCUT2D eigenvalue weighted by molar-refractivity contribution is 0.0393. The maximum Gasteiger partial charge on any atom is 0.204 e. The van der Waals surface area contributed by atoms with Crippen LogP contribution in [0.5, 0.6) is 0 Å². The third-order valence-electron chi connectivity index (χ3n) is 4.06. The van der Waals surface area contributed by atoms with E-state index in [2.05, 4.69) is 14.9 Å². The highest BCUT2D eigenvalue weighted by Crippen LogP contribution is 2.30. The highest BCUT2D eigenvalue weighted by molar-refractivity contribution is 6.42. The standard InChI is InChI=1S/C17H15Cl2N3O/c18-12-6-5-11(9-13(12)19)16-10-22(7-8-23-16)17-20-14-3-1-2-4-15(14)21-17/h1-6,9,16H,7-8,10H2,(H,20,21). The Morgan fingerprint density at radius 2 is 2.00 bits per heavy atom. The van der Waals surface area contributed by atoms with Crippen LogP contribution in [0.3, 0.4) is 0 Å². The zero-order valence-electron chi connectivity index (χ0n) is 12.3. The third kappa shape index (κ3) is 2.90. The number of aromatic nitrogens is 2. The zero-order chi connectivity index (χ0) is 15.8. The van der Waals surface area contributed by atoms with E-state index in [4.69, 9.17) is 27.9 Å². The van der Waals surface area contributed by atoms with Crippen molar-refractivity contribution >= 4 is 40.2 Å². The highest BCUT2D eigenvalue weighted by atomic mass is 35.5. The van der Waals surface area contributed by atoms with E-state index in [1.165, 1.54) is 0 Å². The zero-order valence-corrected chi connectivity index (χ0v) is 13.8. The van der Waals surface area contributed by atoms with Crippen LogP contribution >= 0.6 is 23.2 Å². The molecule has 1 aliphatic heterocycles. The molecule has 1 atom stereocenters. The first-order valence-corrected chi connectivity index (χ1v) is 8.22. The summed E-state index contributed by atoms with van der Waals surface area (Å²) in [5, 5.41) is 1.11. The molecule has 1 aliphatic rings. The van der Waals surface area contributed by atoms with Crippen LogP contribution in [-0.4, -0.2) is 29.7 Å². The number of morpholine rings is 1. The fourth-order valence-electron chi connectivity index (χ4n) is 2.85. The van der Waals surface area contributed by atoms with Crippen LogP contribution in [0.1, 0.15) is 11.7 Å². The number of hydrogen-bond acceptors (Lipinski definition) is 3. The number of anilines is 1. The first-order chi connectivity index (χ1) is 11.2. The molecule has 0 aliphatic carbocycles. The van der Waals surface area contributed by atoms with Gasteiger partial charge >= 0.3 is 0 Å². The van der Waals surface area contributed by atoms with Gasteiger partial charge in [-0.2, -0.15) is 0 Å². The van der Waals surface area contributed by atoms with Crippen LogP contribution in [-0.2, 0) is 4.74 Å². The minimum Gasteiger partial charge on any atom is -0.370 e. The number of fused-ring (bicyclic) bond motifs is 1. The monoisotopic (exact) mass is 347 g/mol. The molecule has 0 spiro atoms. The van der Waals surface area contributed by atoms with Crippen molar-refractivity contribution in [1.82, 2.24) is 9.97 Å². The first kappa shape index (κ1) is 14.8. The Bertz CT molecular complexity index is 816. The third-order valence-corrected chi connectivity index (χ3v) is 4.80. The highest BCUT2D eigenvalue weighted by Gasteiger charge is 2.24. The number of hydrogen-bond donors (Lipinski definition) is 1. The summed E-state index contributed by atoms with van der Waals surface area (Å²) in [5.74, 6) is 0.875. The van der Waals surface area contributed by atoms with E-state index in [-0.39, 0.29) is 6.10 Å². The Morgan fingerprint density at radius 1 is 1.13 bits per heavy atom. The average molecular weight is 348 g/mol. The van der Waals surface area contributed by atoms with Crippen molar-refractivity contribution < 1.29 is 4.74 Å². The van der Waals surface area contributed by atoms with Gasteiger partial charge in [0.25, 0.3) is 0 Å². The lowest BCUT2D eigenvalue weighted by Crippen LogP contribution is -2.39. The van der Waals surface area contributed by atoms with Gasteiger partial charge in [-0.25, -0.2) is 4.98 Å². The van der Waals surface area contributed by atoms with Crippen molar-refractivity contribution in [2.45, 2.75) is 6.10 Å². The Balaban J connectivity index is 1.60. The number of halogens is 2. The summed E-state index contributed by atoms with van der Waals surface area (Å²) in [6, 6.07) is 13.7. The predicted octanol–water partition coefficient (Wildman–Crippen LogP) is 4.45. The summed E-state index contributed by atoms with van der Waals surface area (Å²) in [6.45, 7) is 2.16.